The Morgan fingerprint density at radius 1 is 1.64 bits per heavy atom. The van der Waals surface area contributed by atoms with Crippen LogP contribution in [-0.2, 0) is 9.53 Å². The van der Waals surface area contributed by atoms with Crippen molar-refractivity contribution >= 4 is 6.29 Å². The second-order valence-electron chi connectivity index (χ2n) is 3.46. The summed E-state index contributed by atoms with van der Waals surface area (Å²) in [5.74, 6) is 0.762. The van der Waals surface area contributed by atoms with Crippen LogP contribution in [-0.4, -0.2) is 19.0 Å². The highest BCUT2D eigenvalue weighted by Gasteiger charge is 2.23. The first-order valence-corrected chi connectivity index (χ1v) is 4.31. The maximum atomic E-state index is 10.5. The van der Waals surface area contributed by atoms with Crippen molar-refractivity contribution in [3.63, 3.8) is 0 Å². The molecule has 11 heavy (non-hydrogen) atoms. The highest BCUT2D eigenvalue weighted by Crippen LogP contribution is 2.25. The van der Waals surface area contributed by atoms with Gasteiger partial charge in [0.25, 0.3) is 0 Å². The van der Waals surface area contributed by atoms with Crippen LogP contribution in [0, 0.1) is 11.8 Å². The molecule has 64 valence electrons. The van der Waals surface area contributed by atoms with E-state index in [9.17, 15) is 4.79 Å². The molecule has 1 aliphatic heterocycles. The standard InChI is InChI=1S/C9H16O2/c1-7(6-10)9-3-4-11-8(2)5-9/h6-9H,3-5H2,1-2H3. The van der Waals surface area contributed by atoms with Gasteiger partial charge in [-0.15, -0.1) is 0 Å². The zero-order chi connectivity index (χ0) is 8.27. The lowest BCUT2D eigenvalue weighted by molar-refractivity contribution is -0.113. The highest BCUT2D eigenvalue weighted by molar-refractivity contribution is 5.53. The summed E-state index contributed by atoms with van der Waals surface area (Å²) in [7, 11) is 0. The molecule has 0 N–H and O–H groups in total. The van der Waals surface area contributed by atoms with Gasteiger partial charge >= 0.3 is 0 Å². The van der Waals surface area contributed by atoms with Crippen LogP contribution in [0.15, 0.2) is 0 Å². The smallest absolute Gasteiger partial charge is 0.123 e. The number of carbonyl (C=O) groups excluding carboxylic acids is 1. The molecular weight excluding hydrogens is 140 g/mol. The van der Waals surface area contributed by atoms with E-state index in [1.54, 1.807) is 0 Å². The Kier molecular flexibility index (Phi) is 3.06. The molecule has 0 spiro atoms. The molecule has 2 nitrogen and oxygen atoms in total. The predicted octanol–water partition coefficient (Wildman–Crippen LogP) is 1.64. The van der Waals surface area contributed by atoms with E-state index in [2.05, 4.69) is 6.92 Å². The van der Waals surface area contributed by atoms with E-state index in [0.29, 0.717) is 12.0 Å². The minimum Gasteiger partial charge on any atom is -0.378 e. The summed E-state index contributed by atoms with van der Waals surface area (Å²) < 4.78 is 5.39. The normalized spacial score (nSPS) is 34.7. The lowest BCUT2D eigenvalue weighted by Crippen LogP contribution is -2.27. The molecule has 0 bridgehead atoms. The Hall–Kier alpha value is -0.370. The van der Waals surface area contributed by atoms with Crippen molar-refractivity contribution in [2.45, 2.75) is 32.8 Å². The van der Waals surface area contributed by atoms with Crippen LogP contribution in [0.25, 0.3) is 0 Å². The first-order valence-electron chi connectivity index (χ1n) is 4.31. The molecule has 0 aromatic rings. The van der Waals surface area contributed by atoms with Crippen molar-refractivity contribution in [1.82, 2.24) is 0 Å². The van der Waals surface area contributed by atoms with Gasteiger partial charge in [0.2, 0.25) is 0 Å². The SMILES string of the molecule is CC1CC(C(C)C=O)CCO1. The molecule has 0 amide bonds. The van der Waals surface area contributed by atoms with Gasteiger partial charge < -0.3 is 9.53 Å². The van der Waals surface area contributed by atoms with Crippen molar-refractivity contribution in [3.05, 3.63) is 0 Å². The highest BCUT2D eigenvalue weighted by atomic mass is 16.5. The first-order chi connectivity index (χ1) is 5.24. The van der Waals surface area contributed by atoms with Crippen molar-refractivity contribution < 1.29 is 9.53 Å². The predicted molar refractivity (Wildman–Crippen MR) is 43.4 cm³/mol. The average molecular weight is 156 g/mol. The van der Waals surface area contributed by atoms with Crippen LogP contribution in [0.5, 0.6) is 0 Å². The van der Waals surface area contributed by atoms with Crippen LogP contribution in [0.1, 0.15) is 26.7 Å². The van der Waals surface area contributed by atoms with Gasteiger partial charge in [-0.3, -0.25) is 0 Å². The van der Waals surface area contributed by atoms with Crippen LogP contribution in [0.4, 0.5) is 0 Å². The number of hydrogen-bond donors (Lipinski definition) is 0. The van der Waals surface area contributed by atoms with E-state index in [4.69, 9.17) is 4.74 Å². The zero-order valence-electron chi connectivity index (χ0n) is 7.25. The summed E-state index contributed by atoms with van der Waals surface area (Å²) >= 11 is 0. The number of carbonyl (C=O) groups is 1. The quantitative estimate of drug-likeness (QED) is 0.568. The van der Waals surface area contributed by atoms with Gasteiger partial charge in [-0.05, 0) is 25.7 Å². The lowest BCUT2D eigenvalue weighted by Gasteiger charge is -2.29. The lowest BCUT2D eigenvalue weighted by atomic mass is 9.86. The maximum Gasteiger partial charge on any atom is 0.123 e. The van der Waals surface area contributed by atoms with Crippen LogP contribution in [0.3, 0.4) is 0 Å². The molecule has 3 unspecified atom stereocenters. The summed E-state index contributed by atoms with van der Waals surface area (Å²) in [5.41, 5.74) is 0. The molecule has 1 aliphatic rings. The monoisotopic (exact) mass is 156 g/mol. The summed E-state index contributed by atoms with van der Waals surface area (Å²) in [6.07, 6.45) is 3.49. The molecule has 0 saturated carbocycles. The Morgan fingerprint density at radius 2 is 2.36 bits per heavy atom. The molecule has 0 aliphatic carbocycles. The van der Waals surface area contributed by atoms with Crippen molar-refractivity contribution in [2.75, 3.05) is 6.61 Å². The Balaban J connectivity index is 2.38. The number of rotatable bonds is 2. The number of hydrogen-bond acceptors (Lipinski definition) is 2. The summed E-state index contributed by atoms with van der Waals surface area (Å²) in [4.78, 5) is 10.5. The summed E-state index contributed by atoms with van der Waals surface area (Å²) in [5, 5.41) is 0. The van der Waals surface area contributed by atoms with Gasteiger partial charge in [-0.2, -0.15) is 0 Å². The molecule has 1 fully saturated rings. The first kappa shape index (κ1) is 8.72. The van der Waals surface area contributed by atoms with E-state index in [1.165, 1.54) is 0 Å². The fourth-order valence-corrected chi connectivity index (χ4v) is 1.62. The van der Waals surface area contributed by atoms with Gasteiger partial charge in [0.1, 0.15) is 6.29 Å². The fourth-order valence-electron chi connectivity index (χ4n) is 1.62. The molecule has 0 radical (unpaired) electrons. The van der Waals surface area contributed by atoms with Gasteiger partial charge in [0.15, 0.2) is 0 Å². The van der Waals surface area contributed by atoms with Gasteiger partial charge in [-0.1, -0.05) is 6.92 Å². The van der Waals surface area contributed by atoms with Crippen LogP contribution in [0.2, 0.25) is 0 Å². The van der Waals surface area contributed by atoms with Crippen LogP contribution < -0.4 is 0 Å². The Morgan fingerprint density at radius 3 is 2.91 bits per heavy atom. The zero-order valence-corrected chi connectivity index (χ0v) is 7.25. The molecule has 0 aromatic heterocycles. The van der Waals surface area contributed by atoms with Crippen LogP contribution >= 0.6 is 0 Å². The third kappa shape index (κ3) is 2.29. The van der Waals surface area contributed by atoms with Crippen molar-refractivity contribution in [1.29, 1.82) is 0 Å². The Labute approximate surface area is 67.9 Å². The second kappa shape index (κ2) is 3.86. The minimum atomic E-state index is 0.210. The van der Waals surface area contributed by atoms with E-state index in [0.717, 1.165) is 25.7 Å². The second-order valence-corrected chi connectivity index (χ2v) is 3.46. The maximum absolute atomic E-state index is 10.5. The van der Waals surface area contributed by atoms with E-state index >= 15 is 0 Å². The third-order valence-corrected chi connectivity index (χ3v) is 2.48. The molecular formula is C9H16O2. The molecule has 1 rings (SSSR count). The average Bonchev–Trinajstić information content (AvgIpc) is 2.03. The van der Waals surface area contributed by atoms with E-state index < -0.39 is 0 Å². The van der Waals surface area contributed by atoms with Gasteiger partial charge in [0.05, 0.1) is 6.10 Å². The van der Waals surface area contributed by atoms with Crippen molar-refractivity contribution in [2.24, 2.45) is 11.8 Å². The Bertz CT molecular complexity index is 134. The minimum absolute atomic E-state index is 0.210. The van der Waals surface area contributed by atoms with Gasteiger partial charge in [-0.25, -0.2) is 0 Å². The fraction of sp³-hybridized carbons (Fsp3) is 0.889. The largest absolute Gasteiger partial charge is 0.378 e. The molecule has 1 saturated heterocycles. The molecule has 0 aromatic carbocycles. The molecule has 3 atom stereocenters. The third-order valence-electron chi connectivity index (χ3n) is 2.48. The summed E-state index contributed by atoms with van der Waals surface area (Å²) in [6.45, 7) is 4.89. The molecule has 1 heterocycles. The molecule has 2 heteroatoms. The van der Waals surface area contributed by atoms with E-state index in [1.807, 2.05) is 6.92 Å². The number of aldehydes is 1. The van der Waals surface area contributed by atoms with Crippen molar-refractivity contribution in [3.8, 4) is 0 Å². The van der Waals surface area contributed by atoms with E-state index in [-0.39, 0.29) is 5.92 Å². The topological polar surface area (TPSA) is 26.3 Å². The number of ether oxygens (including phenoxy) is 1. The van der Waals surface area contributed by atoms with Gasteiger partial charge in [0, 0.05) is 12.5 Å². The summed E-state index contributed by atoms with van der Waals surface area (Å²) in [6, 6.07) is 0.